The van der Waals surface area contributed by atoms with Crippen LogP contribution in [0, 0.1) is 5.41 Å². The zero-order valence-corrected chi connectivity index (χ0v) is 13.3. The Bertz CT molecular complexity index is 228. The smallest absolute Gasteiger partial charge is 0.0113 e. The van der Waals surface area contributed by atoms with Crippen molar-refractivity contribution in [1.82, 2.24) is 15.1 Å². The van der Waals surface area contributed by atoms with Gasteiger partial charge in [0.15, 0.2) is 0 Å². The summed E-state index contributed by atoms with van der Waals surface area (Å²) in [6, 6.07) is 1.38. The molecule has 0 spiro atoms. The van der Waals surface area contributed by atoms with Crippen LogP contribution in [0.4, 0.5) is 0 Å². The maximum Gasteiger partial charge on any atom is 0.0113 e. The normalized spacial score (nSPS) is 20.0. The topological polar surface area (TPSA) is 18.5 Å². The summed E-state index contributed by atoms with van der Waals surface area (Å²) in [5, 5.41) is 3.57. The van der Waals surface area contributed by atoms with Crippen molar-refractivity contribution in [2.24, 2.45) is 5.41 Å². The van der Waals surface area contributed by atoms with Gasteiger partial charge >= 0.3 is 0 Å². The van der Waals surface area contributed by atoms with E-state index >= 15 is 0 Å². The van der Waals surface area contributed by atoms with E-state index in [-0.39, 0.29) is 0 Å². The second kappa shape index (κ2) is 6.88. The van der Waals surface area contributed by atoms with Gasteiger partial charge in [0, 0.05) is 25.2 Å². The molecule has 108 valence electrons. The van der Waals surface area contributed by atoms with Crippen LogP contribution in [0.3, 0.4) is 0 Å². The first-order valence-corrected chi connectivity index (χ1v) is 7.42. The number of piperidine rings is 1. The SMILES string of the molecule is CC(C)NCC(C)(C)CN1CCC(N(C)C)CC1. The molecule has 0 aromatic rings. The Kier molecular flexibility index (Phi) is 6.09. The lowest BCUT2D eigenvalue weighted by molar-refractivity contribution is 0.106. The Labute approximate surface area is 114 Å². The minimum absolute atomic E-state index is 0.370. The Morgan fingerprint density at radius 2 is 1.78 bits per heavy atom. The van der Waals surface area contributed by atoms with Crippen LogP contribution in [0.15, 0.2) is 0 Å². The Hall–Kier alpha value is -0.120. The second-order valence-corrected chi connectivity index (χ2v) is 7.17. The van der Waals surface area contributed by atoms with E-state index in [4.69, 9.17) is 0 Å². The van der Waals surface area contributed by atoms with Gasteiger partial charge in [-0.15, -0.1) is 0 Å². The van der Waals surface area contributed by atoms with Crippen LogP contribution >= 0.6 is 0 Å². The molecule has 3 heteroatoms. The van der Waals surface area contributed by atoms with Crippen molar-refractivity contribution < 1.29 is 0 Å². The van der Waals surface area contributed by atoms with Crippen molar-refractivity contribution in [2.45, 2.75) is 52.6 Å². The zero-order valence-electron chi connectivity index (χ0n) is 13.3. The highest BCUT2D eigenvalue weighted by Crippen LogP contribution is 2.21. The number of nitrogens with zero attached hydrogens (tertiary/aromatic N) is 2. The molecule has 1 aliphatic heterocycles. The summed E-state index contributed by atoms with van der Waals surface area (Å²) < 4.78 is 0. The third-order valence-electron chi connectivity index (χ3n) is 3.93. The molecule has 1 N–H and O–H groups in total. The highest BCUT2D eigenvalue weighted by molar-refractivity contribution is 4.82. The lowest BCUT2D eigenvalue weighted by atomic mass is 9.91. The fourth-order valence-electron chi connectivity index (χ4n) is 2.74. The van der Waals surface area contributed by atoms with E-state index in [0.29, 0.717) is 11.5 Å². The molecule has 0 radical (unpaired) electrons. The van der Waals surface area contributed by atoms with Gasteiger partial charge in [-0.3, -0.25) is 0 Å². The van der Waals surface area contributed by atoms with Gasteiger partial charge in [0.2, 0.25) is 0 Å². The number of hydrogen-bond donors (Lipinski definition) is 1. The fourth-order valence-corrected chi connectivity index (χ4v) is 2.74. The first kappa shape index (κ1) is 15.9. The van der Waals surface area contributed by atoms with Crippen LogP contribution in [0.25, 0.3) is 0 Å². The van der Waals surface area contributed by atoms with Crippen LogP contribution < -0.4 is 5.32 Å². The van der Waals surface area contributed by atoms with Crippen molar-refractivity contribution in [1.29, 1.82) is 0 Å². The van der Waals surface area contributed by atoms with Gasteiger partial charge in [0.25, 0.3) is 0 Å². The van der Waals surface area contributed by atoms with Gasteiger partial charge in [-0.05, 0) is 45.4 Å². The van der Waals surface area contributed by atoms with Crippen LogP contribution in [-0.4, -0.2) is 62.2 Å². The molecular weight excluding hydrogens is 222 g/mol. The molecule has 0 aromatic heterocycles. The van der Waals surface area contributed by atoms with E-state index in [1.54, 1.807) is 0 Å². The lowest BCUT2D eigenvalue weighted by Gasteiger charge is -2.39. The molecule has 1 fully saturated rings. The lowest BCUT2D eigenvalue weighted by Crippen LogP contribution is -2.47. The zero-order chi connectivity index (χ0) is 13.8. The van der Waals surface area contributed by atoms with E-state index in [9.17, 15) is 0 Å². The van der Waals surface area contributed by atoms with Gasteiger partial charge in [-0.1, -0.05) is 27.7 Å². The Balaban J connectivity index is 2.31. The van der Waals surface area contributed by atoms with Crippen molar-refractivity contribution in [3.63, 3.8) is 0 Å². The molecule has 18 heavy (non-hydrogen) atoms. The first-order valence-electron chi connectivity index (χ1n) is 7.42. The number of hydrogen-bond acceptors (Lipinski definition) is 3. The van der Waals surface area contributed by atoms with E-state index in [2.05, 4.69) is 56.9 Å². The fraction of sp³-hybridized carbons (Fsp3) is 1.00. The summed E-state index contributed by atoms with van der Waals surface area (Å²) in [6.45, 7) is 14.0. The monoisotopic (exact) mass is 255 g/mol. The molecule has 0 amide bonds. The molecule has 0 aromatic carbocycles. The van der Waals surface area contributed by atoms with Gasteiger partial charge < -0.3 is 15.1 Å². The second-order valence-electron chi connectivity index (χ2n) is 7.17. The highest BCUT2D eigenvalue weighted by Gasteiger charge is 2.26. The number of rotatable bonds is 6. The Morgan fingerprint density at radius 3 is 2.22 bits per heavy atom. The van der Waals surface area contributed by atoms with E-state index < -0.39 is 0 Å². The predicted molar refractivity (Wildman–Crippen MR) is 80.1 cm³/mol. The average molecular weight is 255 g/mol. The standard InChI is InChI=1S/C15H33N3/c1-13(2)16-11-15(3,4)12-18-9-7-14(8-10-18)17(5)6/h13-14,16H,7-12H2,1-6H3. The van der Waals surface area contributed by atoms with Gasteiger partial charge in [0.05, 0.1) is 0 Å². The van der Waals surface area contributed by atoms with Crippen LogP contribution in [0.1, 0.15) is 40.5 Å². The van der Waals surface area contributed by atoms with Crippen molar-refractivity contribution in [3.05, 3.63) is 0 Å². The molecule has 1 saturated heterocycles. The maximum absolute atomic E-state index is 3.57. The van der Waals surface area contributed by atoms with Gasteiger partial charge in [0.1, 0.15) is 0 Å². The summed E-state index contributed by atoms with van der Waals surface area (Å²) in [6.07, 6.45) is 2.64. The van der Waals surface area contributed by atoms with Gasteiger partial charge in [-0.2, -0.15) is 0 Å². The van der Waals surface area contributed by atoms with Crippen molar-refractivity contribution in [3.8, 4) is 0 Å². The van der Waals surface area contributed by atoms with E-state index in [1.807, 2.05) is 0 Å². The third kappa shape index (κ3) is 5.68. The molecule has 0 atom stereocenters. The predicted octanol–water partition coefficient (Wildman–Crippen LogP) is 2.04. The van der Waals surface area contributed by atoms with Crippen LogP contribution in [-0.2, 0) is 0 Å². The molecule has 0 bridgehead atoms. The Morgan fingerprint density at radius 1 is 1.22 bits per heavy atom. The summed E-state index contributed by atoms with van der Waals surface area (Å²) >= 11 is 0. The summed E-state index contributed by atoms with van der Waals surface area (Å²) in [5.41, 5.74) is 0.370. The maximum atomic E-state index is 3.57. The minimum Gasteiger partial charge on any atom is -0.314 e. The molecule has 1 rings (SSSR count). The van der Waals surface area contributed by atoms with E-state index in [1.165, 1.54) is 32.5 Å². The quantitative estimate of drug-likeness (QED) is 0.783. The number of likely N-dealkylation sites (tertiary alicyclic amines) is 1. The summed E-state index contributed by atoms with van der Waals surface area (Å²) in [7, 11) is 4.41. The molecule has 0 unspecified atom stereocenters. The highest BCUT2D eigenvalue weighted by atomic mass is 15.2. The average Bonchev–Trinajstić information content (AvgIpc) is 2.27. The summed E-state index contributed by atoms with van der Waals surface area (Å²) in [4.78, 5) is 5.02. The third-order valence-corrected chi connectivity index (χ3v) is 3.93. The number of nitrogens with one attached hydrogen (secondary N) is 1. The summed E-state index contributed by atoms with van der Waals surface area (Å²) in [5.74, 6) is 0. The van der Waals surface area contributed by atoms with Gasteiger partial charge in [-0.25, -0.2) is 0 Å². The molecule has 1 heterocycles. The van der Waals surface area contributed by atoms with Crippen molar-refractivity contribution in [2.75, 3.05) is 40.3 Å². The molecule has 1 aliphatic rings. The van der Waals surface area contributed by atoms with Crippen molar-refractivity contribution >= 4 is 0 Å². The van der Waals surface area contributed by atoms with Crippen LogP contribution in [0.2, 0.25) is 0 Å². The van der Waals surface area contributed by atoms with E-state index in [0.717, 1.165) is 12.6 Å². The first-order chi connectivity index (χ1) is 8.30. The largest absolute Gasteiger partial charge is 0.314 e. The molecular formula is C15H33N3. The molecule has 0 saturated carbocycles. The van der Waals surface area contributed by atoms with Crippen LogP contribution in [0.5, 0.6) is 0 Å². The molecule has 3 nitrogen and oxygen atoms in total. The molecule has 0 aliphatic carbocycles. The minimum atomic E-state index is 0.370.